The number of aliphatic hydroxyl groups excluding tert-OH is 1. The van der Waals surface area contributed by atoms with E-state index in [-0.39, 0.29) is 12.2 Å². The van der Waals surface area contributed by atoms with E-state index in [1.165, 1.54) is 11.6 Å². The van der Waals surface area contributed by atoms with Crippen molar-refractivity contribution in [3.05, 3.63) is 63.5 Å². The predicted molar refractivity (Wildman–Crippen MR) is 92.0 cm³/mol. The minimum atomic E-state index is -0.386. The van der Waals surface area contributed by atoms with Crippen molar-refractivity contribution in [2.75, 3.05) is 13.2 Å². The van der Waals surface area contributed by atoms with Gasteiger partial charge in [0.1, 0.15) is 17.9 Å². The van der Waals surface area contributed by atoms with Gasteiger partial charge in [0, 0.05) is 17.0 Å². The molecule has 1 aromatic carbocycles. The van der Waals surface area contributed by atoms with Gasteiger partial charge in [0.25, 0.3) is 0 Å². The predicted octanol–water partition coefficient (Wildman–Crippen LogP) is 3.62. The minimum Gasteiger partial charge on any atom is -0.489 e. The van der Waals surface area contributed by atoms with Gasteiger partial charge in [0.05, 0.1) is 6.61 Å². The zero-order valence-corrected chi connectivity index (χ0v) is 13.8. The summed E-state index contributed by atoms with van der Waals surface area (Å²) in [5.74, 6) is 0.686. The molecule has 1 heterocycles. The van der Waals surface area contributed by atoms with E-state index in [0.717, 1.165) is 16.5 Å². The molecule has 2 rings (SSSR count). The molecule has 0 saturated carbocycles. The van der Waals surface area contributed by atoms with Crippen molar-refractivity contribution in [2.24, 2.45) is 0 Å². The van der Waals surface area contributed by atoms with E-state index < -0.39 is 0 Å². The first kappa shape index (κ1) is 17.0. The second-order valence-corrected chi connectivity index (χ2v) is 5.72. The molecule has 0 aliphatic rings. The molecule has 0 saturated heterocycles. The Bertz CT molecular complexity index is 793. The van der Waals surface area contributed by atoms with Crippen molar-refractivity contribution in [1.82, 2.24) is 0 Å². The highest BCUT2D eigenvalue weighted by Gasteiger charge is 2.11. The van der Waals surface area contributed by atoms with Crippen LogP contribution in [0, 0.1) is 0 Å². The van der Waals surface area contributed by atoms with Crippen LogP contribution in [0.2, 0.25) is 0 Å². The summed E-state index contributed by atoms with van der Waals surface area (Å²) in [5.41, 5.74) is 3.00. The number of rotatable bonds is 6. The zero-order chi connectivity index (χ0) is 16.8. The van der Waals surface area contributed by atoms with Crippen molar-refractivity contribution in [1.29, 1.82) is 0 Å². The second-order valence-electron chi connectivity index (χ2n) is 5.72. The van der Waals surface area contributed by atoms with Gasteiger partial charge in [0.15, 0.2) is 0 Å². The van der Waals surface area contributed by atoms with E-state index in [4.69, 9.17) is 14.3 Å². The van der Waals surface area contributed by atoms with Crippen LogP contribution in [0.15, 0.2) is 56.8 Å². The Hall–Kier alpha value is -2.33. The number of allylic oxidation sites excluding steroid dienone is 2. The van der Waals surface area contributed by atoms with Gasteiger partial charge < -0.3 is 14.3 Å². The Kier molecular flexibility index (Phi) is 5.77. The molecule has 0 radical (unpaired) electrons. The molecule has 0 aliphatic carbocycles. The molecule has 4 nitrogen and oxygen atoms in total. The molecular weight excluding hydrogens is 292 g/mol. The molecule has 23 heavy (non-hydrogen) atoms. The maximum atomic E-state index is 11.6. The molecule has 0 amide bonds. The van der Waals surface area contributed by atoms with Gasteiger partial charge in [0.2, 0.25) is 0 Å². The number of aliphatic hydroxyl groups is 1. The van der Waals surface area contributed by atoms with Gasteiger partial charge >= 0.3 is 5.63 Å². The van der Waals surface area contributed by atoms with Gasteiger partial charge in [-0.2, -0.15) is 0 Å². The number of hydrogen-bond acceptors (Lipinski definition) is 4. The summed E-state index contributed by atoms with van der Waals surface area (Å²) in [7, 11) is 0. The Morgan fingerprint density at radius 2 is 1.91 bits per heavy atom. The maximum Gasteiger partial charge on any atom is 0.336 e. The molecule has 4 heteroatoms. The smallest absolute Gasteiger partial charge is 0.336 e. The Labute approximate surface area is 135 Å². The van der Waals surface area contributed by atoms with E-state index in [2.05, 4.69) is 0 Å². The number of hydrogen-bond donors (Lipinski definition) is 1. The molecular formula is C19H22O4. The molecule has 0 unspecified atom stereocenters. The molecule has 2 aromatic rings. The average Bonchev–Trinajstić information content (AvgIpc) is 2.52. The van der Waals surface area contributed by atoms with Gasteiger partial charge in [-0.15, -0.1) is 0 Å². The topological polar surface area (TPSA) is 59.7 Å². The zero-order valence-electron chi connectivity index (χ0n) is 13.8. The molecule has 1 aromatic heterocycles. The number of fused-ring (bicyclic) bond motifs is 1. The second kappa shape index (κ2) is 7.79. The fraction of sp³-hybridized carbons (Fsp3) is 0.316. The fourth-order valence-corrected chi connectivity index (χ4v) is 2.14. The van der Waals surface area contributed by atoms with Gasteiger partial charge in [-0.25, -0.2) is 4.79 Å². The molecule has 0 atom stereocenters. The summed E-state index contributed by atoms with van der Waals surface area (Å²) in [6.45, 7) is 6.34. The molecule has 0 spiro atoms. The first-order valence-corrected chi connectivity index (χ1v) is 7.59. The lowest BCUT2D eigenvalue weighted by atomic mass is 10.1. The van der Waals surface area contributed by atoms with Gasteiger partial charge in [-0.1, -0.05) is 17.2 Å². The van der Waals surface area contributed by atoms with E-state index >= 15 is 0 Å². The average molecular weight is 314 g/mol. The lowest BCUT2D eigenvalue weighted by molar-refractivity contribution is 0.331. The molecule has 1 N–H and O–H groups in total. The van der Waals surface area contributed by atoms with Crippen molar-refractivity contribution in [3.8, 4) is 5.75 Å². The van der Waals surface area contributed by atoms with Crippen LogP contribution in [-0.2, 0) is 6.42 Å². The molecule has 122 valence electrons. The Morgan fingerprint density at radius 1 is 1.17 bits per heavy atom. The maximum absolute atomic E-state index is 11.6. The first-order chi connectivity index (χ1) is 11.0. The summed E-state index contributed by atoms with van der Waals surface area (Å²) >= 11 is 0. The lowest BCUT2D eigenvalue weighted by Gasteiger charge is -2.11. The first-order valence-electron chi connectivity index (χ1n) is 7.59. The van der Waals surface area contributed by atoms with E-state index in [9.17, 15) is 4.79 Å². The summed E-state index contributed by atoms with van der Waals surface area (Å²) in [6.07, 6.45) is 4.43. The highest BCUT2D eigenvalue weighted by Crippen LogP contribution is 2.28. The van der Waals surface area contributed by atoms with Crippen LogP contribution in [0.4, 0.5) is 0 Å². The van der Waals surface area contributed by atoms with Crippen LogP contribution in [0.1, 0.15) is 26.3 Å². The van der Waals surface area contributed by atoms with Crippen LogP contribution in [0.25, 0.3) is 11.0 Å². The minimum absolute atomic E-state index is 0.00265. The van der Waals surface area contributed by atoms with Crippen molar-refractivity contribution in [3.63, 3.8) is 0 Å². The van der Waals surface area contributed by atoms with E-state index in [1.54, 1.807) is 6.07 Å². The third-order valence-corrected chi connectivity index (χ3v) is 3.48. The third kappa shape index (κ3) is 4.57. The van der Waals surface area contributed by atoms with Crippen LogP contribution in [-0.4, -0.2) is 18.3 Å². The highest BCUT2D eigenvalue weighted by molar-refractivity contribution is 5.82. The van der Waals surface area contributed by atoms with Crippen molar-refractivity contribution in [2.45, 2.75) is 27.2 Å². The van der Waals surface area contributed by atoms with E-state index in [0.29, 0.717) is 24.4 Å². The number of ether oxygens (including phenoxy) is 1. The van der Waals surface area contributed by atoms with Crippen molar-refractivity contribution < 1.29 is 14.3 Å². The standard InChI is InChI=1S/C19H22O4/c1-13(2)10-11-22-17-8-5-15-6-9-18(21)23-19(15)16(17)7-4-14(3)12-20/h4-6,8-10,20H,7,11-12H2,1-3H3. The largest absolute Gasteiger partial charge is 0.489 e. The normalized spacial score (nSPS) is 11.6. The summed E-state index contributed by atoms with van der Waals surface area (Å²) in [5, 5.41) is 10.0. The van der Waals surface area contributed by atoms with Gasteiger partial charge in [-0.3, -0.25) is 0 Å². The van der Waals surface area contributed by atoms with E-state index in [1.807, 2.05) is 45.1 Å². The van der Waals surface area contributed by atoms with Gasteiger partial charge in [-0.05, 0) is 51.5 Å². The Morgan fingerprint density at radius 3 is 2.61 bits per heavy atom. The quantitative estimate of drug-likeness (QED) is 0.653. The monoisotopic (exact) mass is 314 g/mol. The molecule has 0 fully saturated rings. The summed E-state index contributed by atoms with van der Waals surface area (Å²) in [4.78, 5) is 11.6. The summed E-state index contributed by atoms with van der Waals surface area (Å²) in [6, 6.07) is 6.92. The molecule has 0 aliphatic heterocycles. The molecule has 0 bridgehead atoms. The SMILES string of the molecule is CC(C)=CCOc1ccc2ccc(=O)oc2c1CC=C(C)CO. The fourth-order valence-electron chi connectivity index (χ4n) is 2.14. The third-order valence-electron chi connectivity index (χ3n) is 3.48. The summed E-state index contributed by atoms with van der Waals surface area (Å²) < 4.78 is 11.2. The number of benzene rings is 1. The van der Waals surface area contributed by atoms with Crippen LogP contribution < -0.4 is 10.4 Å². The highest BCUT2D eigenvalue weighted by atomic mass is 16.5. The van der Waals surface area contributed by atoms with Crippen LogP contribution in [0.5, 0.6) is 5.75 Å². The van der Waals surface area contributed by atoms with Crippen LogP contribution >= 0.6 is 0 Å². The Balaban J connectivity index is 2.47. The van der Waals surface area contributed by atoms with Crippen molar-refractivity contribution >= 4 is 11.0 Å². The lowest BCUT2D eigenvalue weighted by Crippen LogP contribution is -2.02. The van der Waals surface area contributed by atoms with Crippen LogP contribution in [0.3, 0.4) is 0 Å².